The number of rotatable bonds is 5. The first-order valence-corrected chi connectivity index (χ1v) is 4.96. The van der Waals surface area contributed by atoms with Gasteiger partial charge in [-0.15, -0.1) is 0 Å². The van der Waals surface area contributed by atoms with Crippen LogP contribution in [-0.2, 0) is 4.79 Å². The molecule has 2 nitrogen and oxygen atoms in total. The minimum absolute atomic E-state index is 0.284. The molecule has 0 saturated carbocycles. The van der Waals surface area contributed by atoms with E-state index in [2.05, 4.69) is 31.9 Å². The summed E-state index contributed by atoms with van der Waals surface area (Å²) >= 11 is 6.62. The average molecular weight is 274 g/mol. The normalized spacial score (nSPS) is 10.3. The second-order valence-corrected chi connectivity index (χ2v) is 5.47. The summed E-state index contributed by atoms with van der Waals surface area (Å²) in [5.74, 6) is -0.708. The van der Waals surface area contributed by atoms with Crippen molar-refractivity contribution in [3.63, 3.8) is 0 Å². The van der Waals surface area contributed by atoms with Crippen molar-refractivity contribution in [2.45, 2.75) is 29.4 Å². The molecule has 0 aromatic carbocycles. The summed E-state index contributed by atoms with van der Waals surface area (Å²) in [5, 5.41) is 8.26. The van der Waals surface area contributed by atoms with E-state index in [1.165, 1.54) is 0 Å². The van der Waals surface area contributed by atoms with Crippen LogP contribution in [0.5, 0.6) is 0 Å². The monoisotopic (exact) mass is 272 g/mol. The third-order valence-electron chi connectivity index (χ3n) is 1.06. The van der Waals surface area contributed by atoms with Gasteiger partial charge in [-0.1, -0.05) is 38.3 Å². The molecule has 0 aromatic heterocycles. The molecule has 1 N–H and O–H groups in total. The van der Waals surface area contributed by atoms with Gasteiger partial charge in [-0.05, 0) is 12.8 Å². The largest absolute Gasteiger partial charge is 0.481 e. The van der Waals surface area contributed by atoms with Crippen LogP contribution in [-0.4, -0.2) is 14.8 Å². The quantitative estimate of drug-likeness (QED) is 0.618. The Labute approximate surface area is 77.3 Å². The van der Waals surface area contributed by atoms with E-state index in [0.717, 1.165) is 19.3 Å². The zero-order chi connectivity index (χ0) is 7.98. The van der Waals surface area contributed by atoms with Crippen LogP contribution >= 0.6 is 31.9 Å². The summed E-state index contributed by atoms with van der Waals surface area (Å²) in [6, 6.07) is 0. The van der Waals surface area contributed by atoms with Crippen LogP contribution in [0.1, 0.15) is 25.7 Å². The molecule has 0 aromatic rings. The second-order valence-electron chi connectivity index (χ2n) is 2.03. The number of alkyl halides is 2. The van der Waals surface area contributed by atoms with Gasteiger partial charge in [-0.2, -0.15) is 0 Å². The molecule has 0 saturated heterocycles. The molecule has 0 rings (SSSR count). The van der Waals surface area contributed by atoms with Gasteiger partial charge in [0.1, 0.15) is 0 Å². The Kier molecular flexibility index (Phi) is 6.43. The Balaban J connectivity index is 2.98. The fraction of sp³-hybridized carbons (Fsp3) is 0.833. The number of carboxylic acid groups (broad SMARTS) is 1. The number of aliphatic carboxylic acids is 1. The number of hydrogen-bond donors (Lipinski definition) is 1. The number of carbonyl (C=O) groups is 1. The highest BCUT2D eigenvalue weighted by atomic mass is 79.9. The van der Waals surface area contributed by atoms with Gasteiger partial charge in [-0.3, -0.25) is 4.79 Å². The molecule has 10 heavy (non-hydrogen) atoms. The van der Waals surface area contributed by atoms with Gasteiger partial charge in [0, 0.05) is 6.42 Å². The summed E-state index contributed by atoms with van der Waals surface area (Å²) in [6.07, 6.45) is 2.98. The molecule has 4 heteroatoms. The van der Waals surface area contributed by atoms with Crippen molar-refractivity contribution in [1.29, 1.82) is 0 Å². The van der Waals surface area contributed by atoms with E-state index in [0.29, 0.717) is 3.74 Å². The Hall–Kier alpha value is 0.430. The summed E-state index contributed by atoms with van der Waals surface area (Å²) in [7, 11) is 0. The molecule has 0 fully saturated rings. The standard InChI is InChI=1S/C6H10Br2O2/c7-5(8)3-1-2-4-6(9)10/h5H,1-4H2,(H,9,10). The molecular formula is C6H10Br2O2. The summed E-state index contributed by atoms with van der Waals surface area (Å²) in [5.41, 5.74) is 0. The average Bonchev–Trinajstić information content (AvgIpc) is 1.79. The summed E-state index contributed by atoms with van der Waals surface area (Å²) < 4.78 is 0.328. The Bertz CT molecular complexity index is 104. The fourth-order valence-electron chi connectivity index (χ4n) is 0.575. The Morgan fingerprint density at radius 1 is 1.40 bits per heavy atom. The van der Waals surface area contributed by atoms with E-state index in [4.69, 9.17) is 5.11 Å². The molecule has 0 amide bonds. The van der Waals surface area contributed by atoms with Crippen LogP contribution in [0.25, 0.3) is 0 Å². The lowest BCUT2D eigenvalue weighted by atomic mass is 10.2. The zero-order valence-electron chi connectivity index (χ0n) is 5.52. The van der Waals surface area contributed by atoms with Crippen LogP contribution in [0.15, 0.2) is 0 Å². The van der Waals surface area contributed by atoms with Gasteiger partial charge < -0.3 is 5.11 Å². The van der Waals surface area contributed by atoms with E-state index in [-0.39, 0.29) is 6.42 Å². The third-order valence-corrected chi connectivity index (χ3v) is 1.98. The Morgan fingerprint density at radius 3 is 2.40 bits per heavy atom. The number of carboxylic acids is 1. The predicted molar refractivity (Wildman–Crippen MR) is 47.7 cm³/mol. The predicted octanol–water partition coefficient (Wildman–Crippen LogP) is 2.75. The van der Waals surface area contributed by atoms with Crippen LogP contribution in [0.4, 0.5) is 0 Å². The SMILES string of the molecule is O=C(O)CCCCC(Br)Br. The zero-order valence-corrected chi connectivity index (χ0v) is 8.69. The fourth-order valence-corrected chi connectivity index (χ4v) is 1.22. The molecule has 0 atom stereocenters. The van der Waals surface area contributed by atoms with Gasteiger partial charge in [0.25, 0.3) is 0 Å². The molecule has 0 bridgehead atoms. The molecule has 0 aliphatic rings. The first kappa shape index (κ1) is 10.4. The highest BCUT2D eigenvalue weighted by Crippen LogP contribution is 2.16. The van der Waals surface area contributed by atoms with Crippen molar-refractivity contribution in [3.8, 4) is 0 Å². The maximum atomic E-state index is 10.0. The van der Waals surface area contributed by atoms with Gasteiger partial charge in [0.05, 0.1) is 3.74 Å². The highest BCUT2D eigenvalue weighted by Gasteiger charge is 1.99. The van der Waals surface area contributed by atoms with Crippen molar-refractivity contribution in [1.82, 2.24) is 0 Å². The number of halogens is 2. The Morgan fingerprint density at radius 2 is 2.00 bits per heavy atom. The molecule has 0 radical (unpaired) electrons. The number of unbranched alkanes of at least 4 members (excludes halogenated alkanes) is 1. The van der Waals surface area contributed by atoms with Gasteiger partial charge in [0.15, 0.2) is 0 Å². The molecule has 0 spiro atoms. The molecule has 0 unspecified atom stereocenters. The van der Waals surface area contributed by atoms with E-state index < -0.39 is 5.97 Å². The van der Waals surface area contributed by atoms with Crippen molar-refractivity contribution in [2.75, 3.05) is 0 Å². The van der Waals surface area contributed by atoms with E-state index >= 15 is 0 Å². The molecule has 0 aliphatic carbocycles. The number of hydrogen-bond acceptors (Lipinski definition) is 1. The molecule has 0 aliphatic heterocycles. The third kappa shape index (κ3) is 8.43. The lowest BCUT2D eigenvalue weighted by Gasteiger charge is -1.98. The summed E-state index contributed by atoms with van der Waals surface area (Å²) in [4.78, 5) is 10.0. The van der Waals surface area contributed by atoms with Crippen LogP contribution < -0.4 is 0 Å². The molecule has 0 heterocycles. The second kappa shape index (κ2) is 6.16. The first-order valence-electron chi connectivity index (χ1n) is 3.13. The molecule has 60 valence electrons. The van der Waals surface area contributed by atoms with E-state index in [1.807, 2.05) is 0 Å². The molecular weight excluding hydrogens is 264 g/mol. The maximum absolute atomic E-state index is 10.0. The van der Waals surface area contributed by atoms with E-state index in [1.54, 1.807) is 0 Å². The van der Waals surface area contributed by atoms with Crippen molar-refractivity contribution >= 4 is 37.8 Å². The highest BCUT2D eigenvalue weighted by molar-refractivity contribution is 9.24. The smallest absolute Gasteiger partial charge is 0.303 e. The summed E-state index contributed by atoms with van der Waals surface area (Å²) in [6.45, 7) is 0. The van der Waals surface area contributed by atoms with Crippen LogP contribution in [0.2, 0.25) is 0 Å². The van der Waals surface area contributed by atoms with Gasteiger partial charge >= 0.3 is 5.97 Å². The lowest BCUT2D eigenvalue weighted by Crippen LogP contribution is -1.94. The lowest BCUT2D eigenvalue weighted by molar-refractivity contribution is -0.137. The van der Waals surface area contributed by atoms with Crippen LogP contribution in [0.3, 0.4) is 0 Å². The van der Waals surface area contributed by atoms with Gasteiger partial charge in [0.2, 0.25) is 0 Å². The van der Waals surface area contributed by atoms with Crippen molar-refractivity contribution in [2.24, 2.45) is 0 Å². The minimum Gasteiger partial charge on any atom is -0.481 e. The van der Waals surface area contributed by atoms with Crippen molar-refractivity contribution in [3.05, 3.63) is 0 Å². The first-order chi connectivity index (χ1) is 4.63. The van der Waals surface area contributed by atoms with Gasteiger partial charge in [-0.25, -0.2) is 0 Å². The maximum Gasteiger partial charge on any atom is 0.303 e. The van der Waals surface area contributed by atoms with Crippen LogP contribution in [0, 0.1) is 0 Å². The minimum atomic E-state index is -0.708. The topological polar surface area (TPSA) is 37.3 Å². The van der Waals surface area contributed by atoms with E-state index in [9.17, 15) is 4.79 Å². The van der Waals surface area contributed by atoms with Crippen molar-refractivity contribution < 1.29 is 9.90 Å².